The van der Waals surface area contributed by atoms with Gasteiger partial charge < -0.3 is 24.8 Å². The first-order valence-electron chi connectivity index (χ1n) is 5.40. The van der Waals surface area contributed by atoms with Crippen LogP contribution in [0.2, 0.25) is 0 Å². The largest absolute Gasteiger partial charge is 1.00 e. The molecule has 1 fully saturated rings. The maximum atomic E-state index is 2.42. The Labute approximate surface area is 121 Å². The zero-order chi connectivity index (χ0) is 9.31. The van der Waals surface area contributed by atoms with E-state index in [2.05, 4.69) is 19.1 Å². The standard InChI is InChI=1S/C12H17.2ClH.Zr/c1-2-12(9-5-6-10-12)11-7-3-4-8-11;;;/h3,7H,2,4-6,9-10H2,1H3;2*1H;/q;;;+2/p-2. The zero-order valence-electron chi connectivity index (χ0n) is 9.15. The van der Waals surface area contributed by atoms with Crippen molar-refractivity contribution in [1.29, 1.82) is 0 Å². The molecule has 0 radical (unpaired) electrons. The Morgan fingerprint density at radius 3 is 2.27 bits per heavy atom. The Hall–Kier alpha value is 0.943. The number of rotatable bonds is 2. The van der Waals surface area contributed by atoms with E-state index in [0.717, 1.165) is 0 Å². The number of halogens is 2. The van der Waals surface area contributed by atoms with Crippen LogP contribution in [-0.2, 0) is 24.7 Å². The van der Waals surface area contributed by atoms with Gasteiger partial charge in [0, 0.05) is 0 Å². The first kappa shape index (κ1) is 15.9. The summed E-state index contributed by atoms with van der Waals surface area (Å²) < 4.78 is 1.72. The smallest absolute Gasteiger partial charge is 1.00 e. The van der Waals surface area contributed by atoms with Gasteiger partial charge >= 0.3 is 96.6 Å². The summed E-state index contributed by atoms with van der Waals surface area (Å²) in [5, 5.41) is 0. The molecule has 2 aliphatic rings. The van der Waals surface area contributed by atoms with Gasteiger partial charge in [0.25, 0.3) is 0 Å². The van der Waals surface area contributed by atoms with Crippen LogP contribution in [0, 0.1) is 5.41 Å². The normalized spacial score (nSPS) is 22.6. The molecule has 0 saturated heterocycles. The maximum absolute atomic E-state index is 2.42. The van der Waals surface area contributed by atoms with Crippen LogP contribution in [0.15, 0.2) is 21.0 Å². The average molecular weight is 323 g/mol. The molecular formula is C12H17Cl2Zr. The summed E-state index contributed by atoms with van der Waals surface area (Å²) in [6, 6.07) is 0. The van der Waals surface area contributed by atoms with Crippen molar-refractivity contribution in [2.24, 2.45) is 5.41 Å². The van der Waals surface area contributed by atoms with Crippen molar-refractivity contribution >= 4 is 0 Å². The van der Waals surface area contributed by atoms with Crippen LogP contribution in [-0.4, -0.2) is 0 Å². The second-order valence-corrected chi connectivity index (χ2v) is 5.82. The van der Waals surface area contributed by atoms with Crippen molar-refractivity contribution in [3.63, 3.8) is 0 Å². The first-order chi connectivity index (χ1) is 6.28. The third-order valence-corrected chi connectivity index (χ3v) is 4.90. The van der Waals surface area contributed by atoms with Gasteiger partial charge in [-0.25, -0.2) is 0 Å². The van der Waals surface area contributed by atoms with Crippen molar-refractivity contribution in [3.8, 4) is 0 Å². The molecule has 0 N–H and O–H groups in total. The minimum absolute atomic E-state index is 0. The van der Waals surface area contributed by atoms with E-state index in [4.69, 9.17) is 0 Å². The molecule has 2 aliphatic carbocycles. The summed E-state index contributed by atoms with van der Waals surface area (Å²) in [6.45, 7) is 2.37. The molecule has 0 spiro atoms. The van der Waals surface area contributed by atoms with Crippen LogP contribution in [0.4, 0.5) is 0 Å². The fourth-order valence-corrected chi connectivity index (χ4v) is 4.01. The minimum atomic E-state index is 0. The predicted molar refractivity (Wildman–Crippen MR) is 52.0 cm³/mol. The van der Waals surface area contributed by atoms with E-state index in [0.29, 0.717) is 5.41 Å². The molecule has 0 aliphatic heterocycles. The molecule has 0 aromatic carbocycles. The quantitative estimate of drug-likeness (QED) is 0.538. The molecule has 0 atom stereocenters. The molecule has 15 heavy (non-hydrogen) atoms. The molecule has 0 amide bonds. The fraction of sp³-hybridized carbons (Fsp3) is 0.667. The van der Waals surface area contributed by atoms with E-state index in [-0.39, 0.29) is 24.8 Å². The van der Waals surface area contributed by atoms with E-state index in [1.165, 1.54) is 38.5 Å². The second kappa shape index (κ2) is 6.62. The SMILES string of the molecule is CCC1(C2=[C]([Zr+2])CC=C2)CCCC1.[Cl-].[Cl-]. The van der Waals surface area contributed by atoms with Crippen LogP contribution >= 0.6 is 0 Å². The first-order valence-corrected chi connectivity index (χ1v) is 6.63. The Morgan fingerprint density at radius 1 is 1.27 bits per heavy atom. The van der Waals surface area contributed by atoms with E-state index in [1.54, 1.807) is 33.6 Å². The number of hydrogen-bond acceptors (Lipinski definition) is 0. The predicted octanol–water partition coefficient (Wildman–Crippen LogP) is -2.27. The van der Waals surface area contributed by atoms with E-state index >= 15 is 0 Å². The monoisotopic (exact) mass is 321 g/mol. The third-order valence-electron chi connectivity index (χ3n) is 3.74. The summed E-state index contributed by atoms with van der Waals surface area (Å²) in [7, 11) is 0. The molecule has 1 saturated carbocycles. The molecular weight excluding hydrogens is 306 g/mol. The van der Waals surface area contributed by atoms with Crippen LogP contribution in [0.25, 0.3) is 0 Å². The zero-order valence-corrected chi connectivity index (χ0v) is 13.1. The van der Waals surface area contributed by atoms with Crippen LogP contribution < -0.4 is 24.8 Å². The van der Waals surface area contributed by atoms with Gasteiger partial charge in [0.2, 0.25) is 0 Å². The van der Waals surface area contributed by atoms with Crippen molar-refractivity contribution in [3.05, 3.63) is 21.0 Å². The average Bonchev–Trinajstić information content (AvgIpc) is 2.73. The molecule has 0 aromatic heterocycles. The van der Waals surface area contributed by atoms with Gasteiger partial charge in [-0.3, -0.25) is 0 Å². The summed E-state index contributed by atoms with van der Waals surface area (Å²) in [6.07, 6.45) is 13.2. The number of hydrogen-bond donors (Lipinski definition) is 0. The van der Waals surface area contributed by atoms with E-state index < -0.39 is 0 Å². The van der Waals surface area contributed by atoms with Crippen LogP contribution in [0.1, 0.15) is 45.4 Å². The van der Waals surface area contributed by atoms with Gasteiger partial charge in [-0.1, -0.05) is 0 Å². The second-order valence-electron chi connectivity index (χ2n) is 4.34. The molecule has 0 unspecified atom stereocenters. The Balaban J connectivity index is 0.000000980. The van der Waals surface area contributed by atoms with Crippen LogP contribution in [0.3, 0.4) is 0 Å². The molecule has 0 nitrogen and oxygen atoms in total. The van der Waals surface area contributed by atoms with Crippen molar-refractivity contribution in [2.45, 2.75) is 45.4 Å². The van der Waals surface area contributed by atoms with Gasteiger partial charge in [-0.2, -0.15) is 0 Å². The molecule has 0 aromatic rings. The number of allylic oxidation sites excluding steroid dienone is 4. The van der Waals surface area contributed by atoms with Crippen molar-refractivity contribution < 1.29 is 49.5 Å². The molecule has 83 valence electrons. The molecule has 3 heteroatoms. The van der Waals surface area contributed by atoms with E-state index in [1.807, 2.05) is 0 Å². The van der Waals surface area contributed by atoms with Crippen molar-refractivity contribution in [2.75, 3.05) is 0 Å². The van der Waals surface area contributed by atoms with Gasteiger partial charge in [-0.05, 0) is 0 Å². The van der Waals surface area contributed by atoms with Gasteiger partial charge in [0.15, 0.2) is 0 Å². The van der Waals surface area contributed by atoms with Gasteiger partial charge in [-0.15, -0.1) is 0 Å². The van der Waals surface area contributed by atoms with E-state index in [9.17, 15) is 0 Å². The summed E-state index contributed by atoms with van der Waals surface area (Å²) >= 11 is 1.64. The summed E-state index contributed by atoms with van der Waals surface area (Å²) in [4.78, 5) is 0. The Kier molecular flexibility index (Phi) is 7.04. The topological polar surface area (TPSA) is 0 Å². The fourth-order valence-electron chi connectivity index (χ4n) is 2.87. The van der Waals surface area contributed by atoms with Crippen molar-refractivity contribution in [1.82, 2.24) is 0 Å². The summed E-state index contributed by atoms with van der Waals surface area (Å²) in [5.74, 6) is 0. The maximum Gasteiger partial charge on any atom is -1.00 e. The van der Waals surface area contributed by atoms with Gasteiger partial charge in [0.1, 0.15) is 0 Å². The minimum Gasteiger partial charge on any atom is -1.00 e. The molecule has 2 rings (SSSR count). The third kappa shape index (κ3) is 2.99. The Bertz CT molecular complexity index is 263. The molecule has 0 heterocycles. The van der Waals surface area contributed by atoms with Gasteiger partial charge in [0.05, 0.1) is 0 Å². The Morgan fingerprint density at radius 2 is 1.87 bits per heavy atom. The summed E-state index contributed by atoms with van der Waals surface area (Å²) in [5.41, 5.74) is 2.33. The van der Waals surface area contributed by atoms with Crippen LogP contribution in [0.5, 0.6) is 0 Å². The molecule has 0 bridgehead atoms.